The molecule has 0 spiro atoms. The van der Waals surface area contributed by atoms with Gasteiger partial charge in [0.2, 0.25) is 0 Å². The zero-order valence-corrected chi connectivity index (χ0v) is 13.0. The molecule has 1 aromatic heterocycles. The zero-order chi connectivity index (χ0) is 13.8. The van der Waals surface area contributed by atoms with Gasteiger partial charge in [-0.1, -0.05) is 18.5 Å². The summed E-state index contributed by atoms with van der Waals surface area (Å²) in [6.07, 6.45) is 0.784. The van der Waals surface area contributed by atoms with Crippen LogP contribution < -0.4 is 10.6 Å². The second kappa shape index (κ2) is 6.21. The van der Waals surface area contributed by atoms with E-state index in [0.29, 0.717) is 5.02 Å². The van der Waals surface area contributed by atoms with Gasteiger partial charge in [0.1, 0.15) is 17.5 Å². The van der Waals surface area contributed by atoms with Crippen LogP contribution in [0.4, 0.5) is 17.3 Å². The Morgan fingerprint density at radius 1 is 1.21 bits per heavy atom. The van der Waals surface area contributed by atoms with Crippen LogP contribution in [0.5, 0.6) is 0 Å². The van der Waals surface area contributed by atoms with E-state index in [0.717, 1.165) is 34.0 Å². The molecule has 0 unspecified atom stereocenters. The predicted octanol–water partition coefficient (Wildman–Crippen LogP) is 4.24. The number of rotatable bonds is 4. The Bertz CT molecular complexity index is 567. The van der Waals surface area contributed by atoms with E-state index in [1.165, 1.54) is 0 Å². The number of halogens is 2. The lowest BCUT2D eigenvalue weighted by Crippen LogP contribution is -2.03. The fraction of sp³-hybridized carbons (Fsp3) is 0.231. The summed E-state index contributed by atoms with van der Waals surface area (Å²) in [5.74, 6) is 2.33. The van der Waals surface area contributed by atoms with Crippen molar-refractivity contribution in [2.24, 2.45) is 0 Å². The second-order valence-corrected chi connectivity index (χ2v) is 5.20. The Hall–Kier alpha value is -1.33. The van der Waals surface area contributed by atoms with E-state index in [9.17, 15) is 0 Å². The van der Waals surface area contributed by atoms with Crippen molar-refractivity contribution in [3.63, 3.8) is 0 Å². The summed E-state index contributed by atoms with van der Waals surface area (Å²) in [4.78, 5) is 8.80. The average molecular weight is 342 g/mol. The summed E-state index contributed by atoms with van der Waals surface area (Å²) in [6, 6.07) is 7.43. The molecule has 0 atom stereocenters. The molecule has 2 N–H and O–H groups in total. The molecule has 4 nitrogen and oxygen atoms in total. The maximum Gasteiger partial charge on any atom is 0.136 e. The van der Waals surface area contributed by atoms with Crippen LogP contribution in [0.1, 0.15) is 12.7 Å². The molecule has 0 fully saturated rings. The van der Waals surface area contributed by atoms with Crippen molar-refractivity contribution in [3.8, 4) is 0 Å². The highest BCUT2D eigenvalue weighted by Crippen LogP contribution is 2.28. The molecule has 0 amide bonds. The molecule has 0 bridgehead atoms. The number of anilines is 3. The van der Waals surface area contributed by atoms with E-state index in [2.05, 4.69) is 36.5 Å². The number of hydrogen-bond acceptors (Lipinski definition) is 4. The third kappa shape index (κ3) is 3.58. The van der Waals surface area contributed by atoms with Crippen molar-refractivity contribution in [1.82, 2.24) is 9.97 Å². The second-order valence-electron chi connectivity index (χ2n) is 3.91. The Morgan fingerprint density at radius 2 is 1.95 bits per heavy atom. The van der Waals surface area contributed by atoms with Gasteiger partial charge in [-0.2, -0.15) is 0 Å². The van der Waals surface area contributed by atoms with E-state index in [4.69, 9.17) is 11.6 Å². The fourth-order valence-corrected chi connectivity index (χ4v) is 2.36. The molecule has 0 saturated carbocycles. The van der Waals surface area contributed by atoms with E-state index in [1.54, 1.807) is 0 Å². The molecular formula is C13H14BrClN4. The van der Waals surface area contributed by atoms with Crippen LogP contribution in [-0.2, 0) is 6.42 Å². The van der Waals surface area contributed by atoms with Crippen LogP contribution >= 0.6 is 27.5 Å². The number of hydrogen-bond donors (Lipinski definition) is 2. The van der Waals surface area contributed by atoms with Gasteiger partial charge < -0.3 is 10.6 Å². The van der Waals surface area contributed by atoms with Gasteiger partial charge in [-0.15, -0.1) is 0 Å². The average Bonchev–Trinajstić information content (AvgIpc) is 2.41. The number of aromatic nitrogens is 2. The van der Waals surface area contributed by atoms with Crippen LogP contribution in [0.15, 0.2) is 28.7 Å². The molecule has 0 aliphatic heterocycles. The first-order valence-corrected chi connectivity index (χ1v) is 7.07. The van der Waals surface area contributed by atoms with Gasteiger partial charge in [-0.3, -0.25) is 0 Å². The molecule has 1 aromatic carbocycles. The predicted molar refractivity (Wildman–Crippen MR) is 83.4 cm³/mol. The third-order valence-electron chi connectivity index (χ3n) is 2.54. The first-order chi connectivity index (χ1) is 9.12. The lowest BCUT2D eigenvalue weighted by molar-refractivity contribution is 0.944. The summed E-state index contributed by atoms with van der Waals surface area (Å²) < 4.78 is 0.891. The van der Waals surface area contributed by atoms with Crippen molar-refractivity contribution in [3.05, 3.63) is 39.6 Å². The largest absolute Gasteiger partial charge is 0.373 e. The van der Waals surface area contributed by atoms with Crippen LogP contribution in [0.25, 0.3) is 0 Å². The van der Waals surface area contributed by atoms with Crippen LogP contribution in [-0.4, -0.2) is 17.0 Å². The lowest BCUT2D eigenvalue weighted by Gasteiger charge is -2.10. The minimum absolute atomic E-state index is 0.685. The van der Waals surface area contributed by atoms with Gasteiger partial charge in [0.05, 0.1) is 5.69 Å². The summed E-state index contributed by atoms with van der Waals surface area (Å²) in [6.45, 7) is 2.02. The Balaban J connectivity index is 2.31. The molecule has 0 saturated heterocycles. The van der Waals surface area contributed by atoms with Crippen molar-refractivity contribution < 1.29 is 0 Å². The van der Waals surface area contributed by atoms with E-state index >= 15 is 0 Å². The minimum atomic E-state index is 0.685. The van der Waals surface area contributed by atoms with Gasteiger partial charge >= 0.3 is 0 Å². The number of nitrogens with zero attached hydrogens (tertiary/aromatic N) is 2. The van der Waals surface area contributed by atoms with Crippen LogP contribution in [0.3, 0.4) is 0 Å². The molecule has 0 aliphatic carbocycles. The first kappa shape index (κ1) is 14.1. The van der Waals surface area contributed by atoms with Crippen molar-refractivity contribution in [2.75, 3.05) is 17.7 Å². The van der Waals surface area contributed by atoms with Crippen LogP contribution in [0, 0.1) is 0 Å². The zero-order valence-electron chi connectivity index (χ0n) is 10.7. The van der Waals surface area contributed by atoms with E-state index in [1.807, 2.05) is 38.2 Å². The fourth-order valence-electron chi connectivity index (χ4n) is 1.58. The molecule has 6 heteroatoms. The van der Waals surface area contributed by atoms with Gasteiger partial charge in [-0.25, -0.2) is 9.97 Å². The summed E-state index contributed by atoms with van der Waals surface area (Å²) in [5, 5.41) is 6.97. The molecule has 0 radical (unpaired) electrons. The molecule has 19 heavy (non-hydrogen) atoms. The lowest BCUT2D eigenvalue weighted by atomic mass is 10.3. The summed E-state index contributed by atoms with van der Waals surface area (Å²) >= 11 is 9.39. The normalized spacial score (nSPS) is 10.3. The number of aryl methyl sites for hydroxylation is 1. The third-order valence-corrected chi connectivity index (χ3v) is 3.43. The highest BCUT2D eigenvalue weighted by Gasteiger charge is 2.05. The van der Waals surface area contributed by atoms with E-state index < -0.39 is 0 Å². The van der Waals surface area contributed by atoms with Gasteiger partial charge in [-0.05, 0) is 34.1 Å². The molecule has 2 rings (SSSR count). The molecule has 2 aromatic rings. The first-order valence-electron chi connectivity index (χ1n) is 5.90. The summed E-state index contributed by atoms with van der Waals surface area (Å²) in [5.41, 5.74) is 0.909. The van der Waals surface area contributed by atoms with Gasteiger partial charge in [0, 0.05) is 29.0 Å². The van der Waals surface area contributed by atoms with E-state index in [-0.39, 0.29) is 0 Å². The molecule has 1 heterocycles. The number of benzene rings is 1. The maximum absolute atomic E-state index is 5.92. The minimum Gasteiger partial charge on any atom is -0.373 e. The van der Waals surface area contributed by atoms with Crippen molar-refractivity contribution in [2.45, 2.75) is 13.3 Å². The highest BCUT2D eigenvalue weighted by molar-refractivity contribution is 9.10. The molecular weight excluding hydrogens is 328 g/mol. The Labute approximate surface area is 125 Å². The monoisotopic (exact) mass is 340 g/mol. The highest BCUT2D eigenvalue weighted by atomic mass is 79.9. The number of nitrogens with one attached hydrogen (secondary N) is 2. The maximum atomic E-state index is 5.92. The Morgan fingerprint density at radius 3 is 2.58 bits per heavy atom. The van der Waals surface area contributed by atoms with Crippen molar-refractivity contribution in [1.29, 1.82) is 0 Å². The molecule has 100 valence electrons. The van der Waals surface area contributed by atoms with Crippen LogP contribution in [0.2, 0.25) is 5.02 Å². The summed E-state index contributed by atoms with van der Waals surface area (Å²) in [7, 11) is 1.84. The quantitative estimate of drug-likeness (QED) is 0.873. The van der Waals surface area contributed by atoms with Crippen molar-refractivity contribution >= 4 is 44.9 Å². The van der Waals surface area contributed by atoms with Gasteiger partial charge in [0.15, 0.2) is 0 Å². The topological polar surface area (TPSA) is 49.8 Å². The van der Waals surface area contributed by atoms with Gasteiger partial charge in [0.25, 0.3) is 0 Å². The SMILES string of the molecule is CCc1nc(NC)cc(Nc2ccc(Cl)cc2Br)n1. The Kier molecular flexibility index (Phi) is 4.61. The smallest absolute Gasteiger partial charge is 0.136 e. The standard InChI is InChI=1S/C13H14BrClN4/c1-3-11-18-12(16-2)7-13(19-11)17-10-5-4-8(15)6-9(10)14/h4-7H,3H2,1-2H3,(H2,16,17,18,19). The molecule has 0 aliphatic rings.